The van der Waals surface area contributed by atoms with Crippen LogP contribution in [0.3, 0.4) is 0 Å². The van der Waals surface area contributed by atoms with E-state index in [9.17, 15) is 4.79 Å². The van der Waals surface area contributed by atoms with Crippen LogP contribution >= 0.6 is 11.3 Å². The number of anilines is 1. The lowest BCUT2D eigenvalue weighted by Crippen LogP contribution is -2.36. The average Bonchev–Trinajstić information content (AvgIpc) is 3.41. The zero-order chi connectivity index (χ0) is 24.5. The van der Waals surface area contributed by atoms with Crippen molar-refractivity contribution in [1.82, 2.24) is 9.38 Å². The number of imidazole rings is 1. The predicted octanol–water partition coefficient (Wildman–Crippen LogP) is 6.92. The van der Waals surface area contributed by atoms with Crippen LogP contribution in [0.1, 0.15) is 50.7 Å². The van der Waals surface area contributed by atoms with Crippen LogP contribution in [0, 0.1) is 5.41 Å². The molecule has 1 N–H and O–H groups in total. The molecule has 0 radical (unpaired) electrons. The number of esters is 1. The smallest absolute Gasteiger partial charge is 0.353 e. The van der Waals surface area contributed by atoms with Crippen molar-refractivity contribution in [3.8, 4) is 22.8 Å². The summed E-state index contributed by atoms with van der Waals surface area (Å²) in [6, 6.07) is 15.0. The van der Waals surface area contributed by atoms with Crippen molar-refractivity contribution < 1.29 is 14.3 Å². The van der Waals surface area contributed by atoms with Gasteiger partial charge in [-0.1, -0.05) is 32.9 Å². The SMILES string of the molecule is COc1cc(-c2nc3ccccn3c2NC(C)(C)CC(C)(C)C)ccc1OC(=O)c1cccs1. The third-order valence-electron chi connectivity index (χ3n) is 5.32. The second-order valence-corrected chi connectivity index (χ2v) is 11.2. The topological polar surface area (TPSA) is 64.9 Å². The predicted molar refractivity (Wildman–Crippen MR) is 138 cm³/mol. The Balaban J connectivity index is 1.73. The molecule has 0 spiro atoms. The van der Waals surface area contributed by atoms with Crippen LogP contribution in [-0.2, 0) is 0 Å². The number of methoxy groups -OCH3 is 1. The highest BCUT2D eigenvalue weighted by Crippen LogP contribution is 2.38. The molecule has 3 heterocycles. The van der Waals surface area contributed by atoms with Crippen molar-refractivity contribution in [3.63, 3.8) is 0 Å². The molecule has 0 aliphatic heterocycles. The minimum atomic E-state index is -0.403. The number of hydrogen-bond donors (Lipinski definition) is 1. The van der Waals surface area contributed by atoms with Crippen molar-refractivity contribution in [2.45, 2.75) is 46.6 Å². The quantitative estimate of drug-likeness (QED) is 0.231. The summed E-state index contributed by atoms with van der Waals surface area (Å²) in [6.07, 6.45) is 2.98. The van der Waals surface area contributed by atoms with Gasteiger partial charge in [-0.2, -0.15) is 0 Å². The van der Waals surface area contributed by atoms with Crippen molar-refractivity contribution in [3.05, 3.63) is 65.0 Å². The van der Waals surface area contributed by atoms with E-state index in [1.165, 1.54) is 11.3 Å². The molecule has 34 heavy (non-hydrogen) atoms. The summed E-state index contributed by atoms with van der Waals surface area (Å²) in [7, 11) is 1.57. The van der Waals surface area contributed by atoms with Crippen LogP contribution < -0.4 is 14.8 Å². The molecule has 0 atom stereocenters. The fourth-order valence-electron chi connectivity index (χ4n) is 4.45. The van der Waals surface area contributed by atoms with Crippen LogP contribution in [0.2, 0.25) is 0 Å². The van der Waals surface area contributed by atoms with Gasteiger partial charge >= 0.3 is 5.97 Å². The maximum atomic E-state index is 12.4. The first-order chi connectivity index (χ1) is 16.1. The molecule has 1 aromatic carbocycles. The fourth-order valence-corrected chi connectivity index (χ4v) is 5.05. The molecular formula is C27H31N3O3S. The van der Waals surface area contributed by atoms with Crippen LogP contribution in [0.4, 0.5) is 5.82 Å². The summed E-state index contributed by atoms with van der Waals surface area (Å²) >= 11 is 1.34. The standard InChI is InChI=1S/C27H31N3O3S/c1-26(2,3)17-27(4,5)29-24-23(28-22-11-7-8-14-30(22)24)18-12-13-19(20(16-18)32-6)33-25(31)21-10-9-15-34-21/h7-16,29H,17H2,1-6H3. The number of fused-ring (bicyclic) bond motifs is 1. The molecular weight excluding hydrogens is 446 g/mol. The maximum absolute atomic E-state index is 12.4. The Hall–Kier alpha value is -3.32. The summed E-state index contributed by atoms with van der Waals surface area (Å²) in [6.45, 7) is 11.1. The molecule has 178 valence electrons. The second kappa shape index (κ2) is 9.14. The fraction of sp³-hybridized carbons (Fsp3) is 0.333. The minimum Gasteiger partial charge on any atom is -0.493 e. The van der Waals surface area contributed by atoms with Gasteiger partial charge in [0.15, 0.2) is 11.5 Å². The van der Waals surface area contributed by atoms with Crippen molar-refractivity contribution in [2.24, 2.45) is 5.41 Å². The third kappa shape index (κ3) is 5.25. The number of rotatable bonds is 7. The normalized spacial score (nSPS) is 12.1. The lowest BCUT2D eigenvalue weighted by atomic mass is 9.82. The summed E-state index contributed by atoms with van der Waals surface area (Å²) in [4.78, 5) is 17.9. The van der Waals surface area contributed by atoms with Gasteiger partial charge in [0, 0.05) is 17.3 Å². The van der Waals surface area contributed by atoms with E-state index in [0.29, 0.717) is 16.4 Å². The number of carbonyl (C=O) groups is 1. The van der Waals surface area contributed by atoms with E-state index in [0.717, 1.165) is 29.1 Å². The molecule has 0 saturated heterocycles. The Bertz CT molecular complexity index is 1300. The Morgan fingerprint density at radius 2 is 1.85 bits per heavy atom. The highest BCUT2D eigenvalue weighted by Gasteiger charge is 2.28. The molecule has 0 fully saturated rings. The first kappa shape index (κ1) is 23.8. The first-order valence-electron chi connectivity index (χ1n) is 11.3. The summed E-state index contributed by atoms with van der Waals surface area (Å²) in [5.41, 5.74) is 2.51. The number of nitrogens with one attached hydrogen (secondary N) is 1. The molecule has 6 nitrogen and oxygen atoms in total. The average molecular weight is 478 g/mol. The Morgan fingerprint density at radius 3 is 2.53 bits per heavy atom. The van der Waals surface area contributed by atoms with E-state index in [1.54, 1.807) is 19.2 Å². The molecule has 3 aromatic heterocycles. The van der Waals surface area contributed by atoms with Crippen LogP contribution in [-0.4, -0.2) is 28.0 Å². The van der Waals surface area contributed by atoms with Gasteiger partial charge in [-0.25, -0.2) is 9.78 Å². The van der Waals surface area contributed by atoms with E-state index in [-0.39, 0.29) is 11.0 Å². The maximum Gasteiger partial charge on any atom is 0.353 e. The van der Waals surface area contributed by atoms with Gasteiger partial charge in [0.25, 0.3) is 0 Å². The molecule has 0 aliphatic rings. The van der Waals surface area contributed by atoms with E-state index in [1.807, 2.05) is 48.0 Å². The highest BCUT2D eigenvalue weighted by molar-refractivity contribution is 7.12. The lowest BCUT2D eigenvalue weighted by molar-refractivity contribution is 0.0735. The van der Waals surface area contributed by atoms with E-state index in [2.05, 4.69) is 44.3 Å². The summed E-state index contributed by atoms with van der Waals surface area (Å²) in [5.74, 6) is 1.35. The van der Waals surface area contributed by atoms with Gasteiger partial charge in [0.2, 0.25) is 0 Å². The van der Waals surface area contributed by atoms with E-state index >= 15 is 0 Å². The highest BCUT2D eigenvalue weighted by atomic mass is 32.1. The second-order valence-electron chi connectivity index (χ2n) is 10.2. The van der Waals surface area contributed by atoms with Gasteiger partial charge in [0.05, 0.1) is 7.11 Å². The van der Waals surface area contributed by atoms with Crippen molar-refractivity contribution in [1.29, 1.82) is 0 Å². The van der Waals surface area contributed by atoms with Crippen molar-refractivity contribution >= 4 is 28.8 Å². The Morgan fingerprint density at radius 1 is 1.06 bits per heavy atom. The summed E-state index contributed by atoms with van der Waals surface area (Å²) < 4.78 is 13.2. The van der Waals surface area contributed by atoms with Gasteiger partial charge in [0.1, 0.15) is 22.0 Å². The van der Waals surface area contributed by atoms with E-state index in [4.69, 9.17) is 14.5 Å². The van der Waals surface area contributed by atoms with Crippen LogP contribution in [0.15, 0.2) is 60.1 Å². The van der Waals surface area contributed by atoms with Crippen molar-refractivity contribution in [2.75, 3.05) is 12.4 Å². The van der Waals surface area contributed by atoms with Crippen LogP contribution in [0.25, 0.3) is 16.9 Å². The molecule has 4 rings (SSSR count). The molecule has 0 aliphatic carbocycles. The van der Waals surface area contributed by atoms with Gasteiger partial charge in [-0.05, 0) is 67.5 Å². The first-order valence-corrected chi connectivity index (χ1v) is 12.1. The molecule has 7 heteroatoms. The lowest BCUT2D eigenvalue weighted by Gasteiger charge is -2.34. The number of benzene rings is 1. The van der Waals surface area contributed by atoms with Gasteiger partial charge < -0.3 is 14.8 Å². The zero-order valence-electron chi connectivity index (χ0n) is 20.5. The Labute approximate surface area is 204 Å². The summed E-state index contributed by atoms with van der Waals surface area (Å²) in [5, 5.41) is 5.59. The number of pyridine rings is 1. The Kier molecular flexibility index (Phi) is 6.41. The number of thiophene rings is 1. The van der Waals surface area contributed by atoms with Gasteiger partial charge in [-0.15, -0.1) is 11.3 Å². The van der Waals surface area contributed by atoms with E-state index < -0.39 is 5.97 Å². The number of carbonyl (C=O) groups excluding carboxylic acids is 1. The number of hydrogen-bond acceptors (Lipinski definition) is 6. The monoisotopic (exact) mass is 477 g/mol. The number of nitrogens with zero attached hydrogens (tertiary/aromatic N) is 2. The van der Waals surface area contributed by atoms with Crippen LogP contribution in [0.5, 0.6) is 11.5 Å². The van der Waals surface area contributed by atoms with Gasteiger partial charge in [-0.3, -0.25) is 4.40 Å². The minimum absolute atomic E-state index is 0.161. The number of aromatic nitrogens is 2. The molecule has 0 saturated carbocycles. The largest absolute Gasteiger partial charge is 0.493 e. The zero-order valence-corrected chi connectivity index (χ0v) is 21.3. The molecule has 0 unspecified atom stereocenters. The number of ether oxygens (including phenoxy) is 2. The molecule has 4 aromatic rings. The molecule has 0 amide bonds. The third-order valence-corrected chi connectivity index (χ3v) is 6.17. The molecule has 0 bridgehead atoms.